The highest BCUT2D eigenvalue weighted by molar-refractivity contribution is 5.56. The first-order valence-electron chi connectivity index (χ1n) is 4.67. The zero-order valence-corrected chi connectivity index (χ0v) is 8.75. The Morgan fingerprint density at radius 1 is 1.25 bits per heavy atom. The van der Waals surface area contributed by atoms with Crippen LogP contribution in [0.4, 0.5) is 5.69 Å². The van der Waals surface area contributed by atoms with Crippen molar-refractivity contribution < 1.29 is 9.47 Å². The van der Waals surface area contributed by atoms with Gasteiger partial charge >= 0.3 is 0 Å². The molecule has 0 bridgehead atoms. The molecule has 82 valence electrons. The lowest BCUT2D eigenvalue weighted by atomic mass is 10.3. The third-order valence-corrected chi connectivity index (χ3v) is 1.98. The Bertz CT molecular complexity index is 474. The van der Waals surface area contributed by atoms with E-state index < -0.39 is 0 Å². The molecule has 0 spiro atoms. The zero-order chi connectivity index (χ0) is 11.4. The van der Waals surface area contributed by atoms with Gasteiger partial charge in [0.05, 0.1) is 12.8 Å². The summed E-state index contributed by atoms with van der Waals surface area (Å²) in [4.78, 5) is 7.74. The van der Waals surface area contributed by atoms with Crippen LogP contribution in [0.15, 0.2) is 36.8 Å². The molecular weight excluding hydrogens is 206 g/mol. The van der Waals surface area contributed by atoms with Gasteiger partial charge in [-0.15, -0.1) is 0 Å². The predicted molar refractivity (Wildman–Crippen MR) is 59.5 cm³/mol. The van der Waals surface area contributed by atoms with E-state index in [-0.39, 0.29) is 0 Å². The van der Waals surface area contributed by atoms with E-state index >= 15 is 0 Å². The molecule has 0 unspecified atom stereocenters. The van der Waals surface area contributed by atoms with Crippen LogP contribution >= 0.6 is 0 Å². The van der Waals surface area contributed by atoms with Crippen LogP contribution in [0, 0.1) is 0 Å². The van der Waals surface area contributed by atoms with Gasteiger partial charge in [0, 0.05) is 18.3 Å². The molecule has 1 heterocycles. The maximum Gasteiger partial charge on any atom is 0.222 e. The van der Waals surface area contributed by atoms with Gasteiger partial charge in [-0.1, -0.05) is 0 Å². The molecule has 2 rings (SSSR count). The van der Waals surface area contributed by atoms with E-state index in [1.165, 1.54) is 6.33 Å². The van der Waals surface area contributed by atoms with E-state index in [1.807, 2.05) is 0 Å². The van der Waals surface area contributed by atoms with Gasteiger partial charge in [0.15, 0.2) is 0 Å². The summed E-state index contributed by atoms with van der Waals surface area (Å²) >= 11 is 0. The minimum Gasteiger partial charge on any atom is -0.495 e. The molecule has 0 saturated carbocycles. The monoisotopic (exact) mass is 217 g/mol. The molecule has 2 aromatic rings. The van der Waals surface area contributed by atoms with Crippen LogP contribution in [0.5, 0.6) is 17.4 Å². The first-order valence-corrected chi connectivity index (χ1v) is 4.67. The van der Waals surface area contributed by atoms with Crippen molar-refractivity contribution in [3.05, 3.63) is 36.8 Å². The van der Waals surface area contributed by atoms with Crippen LogP contribution in [0.2, 0.25) is 0 Å². The maximum absolute atomic E-state index is 5.75. The lowest BCUT2D eigenvalue weighted by Gasteiger charge is -2.07. The largest absolute Gasteiger partial charge is 0.495 e. The molecule has 0 amide bonds. The fourth-order valence-corrected chi connectivity index (χ4v) is 1.24. The molecule has 0 saturated heterocycles. The average molecular weight is 217 g/mol. The van der Waals surface area contributed by atoms with Gasteiger partial charge in [-0.2, -0.15) is 0 Å². The second-order valence-electron chi connectivity index (χ2n) is 3.05. The summed E-state index contributed by atoms with van der Waals surface area (Å²) in [5, 5.41) is 0. The van der Waals surface area contributed by atoms with Gasteiger partial charge in [0.1, 0.15) is 17.8 Å². The molecule has 0 aliphatic heterocycles. The molecule has 0 radical (unpaired) electrons. The summed E-state index contributed by atoms with van der Waals surface area (Å²) in [5.41, 5.74) is 6.27. The molecule has 0 fully saturated rings. The number of nitrogens with zero attached hydrogens (tertiary/aromatic N) is 2. The van der Waals surface area contributed by atoms with E-state index in [4.69, 9.17) is 15.2 Å². The molecule has 1 aromatic carbocycles. The molecule has 0 aliphatic carbocycles. The number of nitrogens with two attached hydrogens (primary N) is 1. The van der Waals surface area contributed by atoms with Gasteiger partial charge in [-0.25, -0.2) is 9.97 Å². The molecule has 0 atom stereocenters. The van der Waals surface area contributed by atoms with Gasteiger partial charge in [0.2, 0.25) is 5.88 Å². The lowest BCUT2D eigenvalue weighted by Crippen LogP contribution is -1.93. The van der Waals surface area contributed by atoms with Gasteiger partial charge in [-0.3, -0.25) is 0 Å². The fourth-order valence-electron chi connectivity index (χ4n) is 1.24. The summed E-state index contributed by atoms with van der Waals surface area (Å²) in [6, 6.07) is 6.85. The zero-order valence-electron chi connectivity index (χ0n) is 8.75. The second-order valence-corrected chi connectivity index (χ2v) is 3.05. The molecule has 5 heteroatoms. The molecule has 2 N–H and O–H groups in total. The van der Waals surface area contributed by atoms with Crippen LogP contribution in [-0.2, 0) is 0 Å². The Labute approximate surface area is 92.9 Å². The van der Waals surface area contributed by atoms with E-state index in [1.54, 1.807) is 37.6 Å². The average Bonchev–Trinajstić information content (AvgIpc) is 2.31. The Morgan fingerprint density at radius 3 is 2.75 bits per heavy atom. The van der Waals surface area contributed by atoms with Crippen LogP contribution in [0.1, 0.15) is 0 Å². The summed E-state index contributed by atoms with van der Waals surface area (Å²) in [5.74, 6) is 1.70. The lowest BCUT2D eigenvalue weighted by molar-refractivity contribution is 0.414. The first kappa shape index (κ1) is 10.2. The first-order chi connectivity index (χ1) is 7.79. The quantitative estimate of drug-likeness (QED) is 0.794. The van der Waals surface area contributed by atoms with Crippen LogP contribution in [0.25, 0.3) is 0 Å². The van der Waals surface area contributed by atoms with E-state index in [2.05, 4.69) is 9.97 Å². The molecule has 1 aromatic heterocycles. The number of benzene rings is 1. The Morgan fingerprint density at radius 2 is 2.12 bits per heavy atom. The van der Waals surface area contributed by atoms with Crippen molar-refractivity contribution in [1.82, 2.24) is 9.97 Å². The van der Waals surface area contributed by atoms with E-state index in [9.17, 15) is 0 Å². The number of hydrogen-bond donors (Lipinski definition) is 1. The molecule has 5 nitrogen and oxygen atoms in total. The van der Waals surface area contributed by atoms with Crippen LogP contribution in [-0.4, -0.2) is 17.1 Å². The number of methoxy groups -OCH3 is 1. The van der Waals surface area contributed by atoms with Crippen molar-refractivity contribution in [2.75, 3.05) is 12.8 Å². The van der Waals surface area contributed by atoms with Crippen molar-refractivity contribution in [2.24, 2.45) is 0 Å². The summed E-state index contributed by atoms with van der Waals surface area (Å²) < 4.78 is 10.5. The standard InChI is InChI=1S/C11H11N3O2/c1-15-10-3-2-8(6-9(10)12)16-11-4-5-13-7-14-11/h2-7H,12H2,1H3. The minimum atomic E-state index is 0.472. The number of anilines is 1. The van der Waals surface area contributed by atoms with Crippen LogP contribution in [0.3, 0.4) is 0 Å². The third-order valence-electron chi connectivity index (χ3n) is 1.98. The van der Waals surface area contributed by atoms with Crippen LogP contribution < -0.4 is 15.2 Å². The summed E-state index contributed by atoms with van der Waals surface area (Å²) in [6.07, 6.45) is 3.03. The van der Waals surface area contributed by atoms with E-state index in [0.717, 1.165) is 0 Å². The van der Waals surface area contributed by atoms with Crippen molar-refractivity contribution in [3.8, 4) is 17.4 Å². The topological polar surface area (TPSA) is 70.3 Å². The summed E-state index contributed by atoms with van der Waals surface area (Å²) in [6.45, 7) is 0. The van der Waals surface area contributed by atoms with Crippen molar-refractivity contribution in [2.45, 2.75) is 0 Å². The molecular formula is C11H11N3O2. The highest BCUT2D eigenvalue weighted by Crippen LogP contribution is 2.28. The third kappa shape index (κ3) is 2.20. The SMILES string of the molecule is COc1ccc(Oc2ccncn2)cc1N. The normalized spacial score (nSPS) is 9.81. The van der Waals surface area contributed by atoms with Gasteiger partial charge < -0.3 is 15.2 Å². The summed E-state index contributed by atoms with van der Waals surface area (Å²) in [7, 11) is 1.57. The molecule has 0 aliphatic rings. The Hall–Kier alpha value is -2.30. The predicted octanol–water partition coefficient (Wildman–Crippen LogP) is 1.86. The minimum absolute atomic E-state index is 0.472. The van der Waals surface area contributed by atoms with E-state index in [0.29, 0.717) is 23.1 Å². The van der Waals surface area contributed by atoms with Crippen molar-refractivity contribution in [3.63, 3.8) is 0 Å². The number of hydrogen-bond acceptors (Lipinski definition) is 5. The number of aromatic nitrogens is 2. The number of ether oxygens (including phenoxy) is 2. The highest BCUT2D eigenvalue weighted by atomic mass is 16.5. The maximum atomic E-state index is 5.75. The second kappa shape index (κ2) is 4.48. The van der Waals surface area contributed by atoms with Gasteiger partial charge in [0.25, 0.3) is 0 Å². The van der Waals surface area contributed by atoms with Gasteiger partial charge in [-0.05, 0) is 12.1 Å². The van der Waals surface area contributed by atoms with Crippen molar-refractivity contribution in [1.29, 1.82) is 0 Å². The highest BCUT2D eigenvalue weighted by Gasteiger charge is 2.02. The Kier molecular flexibility index (Phi) is 2.86. The van der Waals surface area contributed by atoms with Crippen molar-refractivity contribution >= 4 is 5.69 Å². The molecule has 16 heavy (non-hydrogen) atoms. The fraction of sp³-hybridized carbons (Fsp3) is 0.0909. The Balaban J connectivity index is 2.20. The number of nitrogen functional groups attached to an aromatic ring is 1. The smallest absolute Gasteiger partial charge is 0.222 e. The number of rotatable bonds is 3.